The molecule has 0 spiro atoms. The van der Waals surface area contributed by atoms with Crippen molar-refractivity contribution in [3.8, 4) is 0 Å². The molecule has 14 heavy (non-hydrogen) atoms. The van der Waals surface area contributed by atoms with Crippen molar-refractivity contribution in [1.82, 2.24) is 0 Å². The normalized spacial score (nSPS) is 15.1. The molecule has 1 heterocycles. The number of hydrogen-bond donors (Lipinski definition) is 2. The number of rotatable bonds is 2. The molecule has 0 saturated carbocycles. The number of nitrogens with two attached hydrogens (primary N) is 1. The highest BCUT2D eigenvalue weighted by Crippen LogP contribution is 2.32. The van der Waals surface area contributed by atoms with E-state index in [-0.39, 0.29) is 5.17 Å². The lowest BCUT2D eigenvalue weighted by Gasteiger charge is -2.12. The summed E-state index contributed by atoms with van der Waals surface area (Å²) >= 11 is 3.31. The van der Waals surface area contributed by atoms with Crippen molar-refractivity contribution in [2.45, 2.75) is 31.4 Å². The maximum atomic E-state index is 7.18. The Balaban J connectivity index is 2.10. The Morgan fingerprint density at radius 2 is 2.29 bits per heavy atom. The van der Waals surface area contributed by atoms with Crippen molar-refractivity contribution in [1.29, 1.82) is 5.41 Å². The van der Waals surface area contributed by atoms with Gasteiger partial charge in [-0.05, 0) is 42.2 Å². The van der Waals surface area contributed by atoms with Gasteiger partial charge in [-0.3, -0.25) is 5.41 Å². The molecule has 1 aliphatic rings. The molecule has 1 aromatic heterocycles. The third kappa shape index (κ3) is 2.12. The van der Waals surface area contributed by atoms with E-state index in [4.69, 9.17) is 11.1 Å². The molecule has 0 aliphatic heterocycles. The average molecular weight is 226 g/mol. The Morgan fingerprint density at radius 1 is 1.50 bits per heavy atom. The first kappa shape index (κ1) is 10.1. The summed E-state index contributed by atoms with van der Waals surface area (Å²) in [5.74, 6) is 0.876. The summed E-state index contributed by atoms with van der Waals surface area (Å²) in [6, 6.07) is 0. The van der Waals surface area contributed by atoms with Crippen LogP contribution in [0.25, 0.3) is 0 Å². The van der Waals surface area contributed by atoms with Gasteiger partial charge >= 0.3 is 0 Å². The summed E-state index contributed by atoms with van der Waals surface area (Å²) in [6.07, 6.45) is 5.14. The minimum absolute atomic E-state index is 0.223. The van der Waals surface area contributed by atoms with Crippen molar-refractivity contribution in [3.63, 3.8) is 0 Å². The van der Waals surface area contributed by atoms with Crippen LogP contribution in [-0.4, -0.2) is 5.17 Å². The Hall–Kier alpha value is -0.480. The second kappa shape index (κ2) is 4.36. The standard InChI is InChI=1S/C10H14N2S2/c11-10(12)14-6-7-5-13-9-4-2-1-3-8(7)9/h5H,1-4,6H2,(H3,11,12). The van der Waals surface area contributed by atoms with Crippen LogP contribution in [0.15, 0.2) is 5.38 Å². The van der Waals surface area contributed by atoms with E-state index in [2.05, 4.69) is 5.38 Å². The van der Waals surface area contributed by atoms with Crippen molar-refractivity contribution in [2.24, 2.45) is 5.73 Å². The van der Waals surface area contributed by atoms with E-state index >= 15 is 0 Å². The summed E-state index contributed by atoms with van der Waals surface area (Å²) < 4.78 is 0. The maximum absolute atomic E-state index is 7.18. The van der Waals surface area contributed by atoms with Crippen LogP contribution >= 0.6 is 23.1 Å². The highest BCUT2D eigenvalue weighted by atomic mass is 32.2. The second-order valence-corrected chi connectivity index (χ2v) is 5.50. The number of aryl methyl sites for hydroxylation is 1. The third-order valence-electron chi connectivity index (χ3n) is 2.53. The van der Waals surface area contributed by atoms with Crippen LogP contribution in [0.1, 0.15) is 28.8 Å². The summed E-state index contributed by atoms with van der Waals surface area (Å²) in [4.78, 5) is 1.57. The summed E-state index contributed by atoms with van der Waals surface area (Å²) in [6.45, 7) is 0. The summed E-state index contributed by atoms with van der Waals surface area (Å²) in [5.41, 5.74) is 8.29. The molecule has 0 amide bonds. The van der Waals surface area contributed by atoms with E-state index in [1.807, 2.05) is 11.3 Å². The molecule has 0 bridgehead atoms. The lowest BCUT2D eigenvalue weighted by Crippen LogP contribution is -2.05. The summed E-state index contributed by atoms with van der Waals surface area (Å²) in [7, 11) is 0. The predicted molar refractivity (Wildman–Crippen MR) is 64.2 cm³/mol. The van der Waals surface area contributed by atoms with E-state index in [0.29, 0.717) is 0 Å². The largest absolute Gasteiger partial charge is 0.379 e. The van der Waals surface area contributed by atoms with Gasteiger partial charge in [0.15, 0.2) is 5.17 Å². The quantitative estimate of drug-likeness (QED) is 0.602. The van der Waals surface area contributed by atoms with Gasteiger partial charge in [0.2, 0.25) is 0 Å². The van der Waals surface area contributed by atoms with Gasteiger partial charge in [0.1, 0.15) is 0 Å². The van der Waals surface area contributed by atoms with Crippen LogP contribution in [0.2, 0.25) is 0 Å². The van der Waals surface area contributed by atoms with Gasteiger partial charge in [-0.25, -0.2) is 0 Å². The minimum atomic E-state index is 0.223. The van der Waals surface area contributed by atoms with Gasteiger partial charge in [0.25, 0.3) is 0 Å². The zero-order valence-corrected chi connectivity index (χ0v) is 9.64. The van der Waals surface area contributed by atoms with Gasteiger partial charge in [-0.1, -0.05) is 11.8 Å². The minimum Gasteiger partial charge on any atom is -0.379 e. The second-order valence-electron chi connectivity index (χ2n) is 3.52. The number of thioether (sulfide) groups is 1. The van der Waals surface area contributed by atoms with Crippen molar-refractivity contribution in [3.05, 3.63) is 21.4 Å². The molecule has 0 radical (unpaired) electrons. The van der Waals surface area contributed by atoms with Crippen molar-refractivity contribution >= 4 is 28.3 Å². The number of nitrogens with one attached hydrogen (secondary N) is 1. The van der Waals surface area contributed by atoms with E-state index in [9.17, 15) is 0 Å². The highest BCUT2D eigenvalue weighted by molar-refractivity contribution is 8.13. The first-order valence-electron chi connectivity index (χ1n) is 4.82. The maximum Gasteiger partial charge on any atom is 0.151 e. The predicted octanol–water partition coefficient (Wildman–Crippen LogP) is 2.75. The zero-order chi connectivity index (χ0) is 9.97. The molecule has 1 aromatic rings. The number of amidine groups is 1. The van der Waals surface area contributed by atoms with Crippen LogP contribution in [0.4, 0.5) is 0 Å². The Bertz CT molecular complexity index is 344. The average Bonchev–Trinajstić information content (AvgIpc) is 2.58. The summed E-state index contributed by atoms with van der Waals surface area (Å²) in [5, 5.41) is 9.65. The number of hydrogen-bond acceptors (Lipinski definition) is 3. The lowest BCUT2D eigenvalue weighted by atomic mass is 9.97. The van der Waals surface area contributed by atoms with Crippen LogP contribution in [0.5, 0.6) is 0 Å². The molecular weight excluding hydrogens is 212 g/mol. The smallest absolute Gasteiger partial charge is 0.151 e. The SMILES string of the molecule is N=C(N)SCc1csc2c1CCCC2. The van der Waals surface area contributed by atoms with Crippen LogP contribution < -0.4 is 5.73 Å². The number of thiophene rings is 1. The van der Waals surface area contributed by atoms with E-state index in [0.717, 1.165) is 5.75 Å². The van der Waals surface area contributed by atoms with Crippen LogP contribution in [-0.2, 0) is 18.6 Å². The number of fused-ring (bicyclic) bond motifs is 1. The Morgan fingerprint density at radius 3 is 3.07 bits per heavy atom. The fraction of sp³-hybridized carbons (Fsp3) is 0.500. The Kier molecular flexibility index (Phi) is 3.13. The van der Waals surface area contributed by atoms with Gasteiger partial charge < -0.3 is 5.73 Å². The molecule has 2 rings (SSSR count). The molecule has 2 nitrogen and oxygen atoms in total. The molecule has 0 unspecified atom stereocenters. The Labute approximate surface area is 92.4 Å². The zero-order valence-electron chi connectivity index (χ0n) is 8.01. The lowest BCUT2D eigenvalue weighted by molar-refractivity contribution is 0.693. The third-order valence-corrected chi connectivity index (χ3v) is 4.44. The van der Waals surface area contributed by atoms with Crippen LogP contribution in [0.3, 0.4) is 0 Å². The molecule has 4 heteroatoms. The molecule has 0 aromatic carbocycles. The fourth-order valence-electron chi connectivity index (χ4n) is 1.84. The first-order chi connectivity index (χ1) is 6.77. The van der Waals surface area contributed by atoms with E-state index in [1.54, 1.807) is 10.4 Å². The molecular formula is C10H14N2S2. The van der Waals surface area contributed by atoms with E-state index in [1.165, 1.54) is 43.0 Å². The van der Waals surface area contributed by atoms with E-state index < -0.39 is 0 Å². The molecule has 3 N–H and O–H groups in total. The molecule has 0 atom stereocenters. The molecule has 0 saturated heterocycles. The monoisotopic (exact) mass is 226 g/mol. The molecule has 1 aliphatic carbocycles. The van der Waals surface area contributed by atoms with Gasteiger partial charge in [-0.2, -0.15) is 0 Å². The topological polar surface area (TPSA) is 49.9 Å². The highest BCUT2D eigenvalue weighted by Gasteiger charge is 2.15. The van der Waals surface area contributed by atoms with Gasteiger partial charge in [-0.15, -0.1) is 11.3 Å². The van der Waals surface area contributed by atoms with Crippen molar-refractivity contribution in [2.75, 3.05) is 0 Å². The first-order valence-corrected chi connectivity index (χ1v) is 6.69. The molecule has 0 fully saturated rings. The van der Waals surface area contributed by atoms with Crippen molar-refractivity contribution < 1.29 is 0 Å². The van der Waals surface area contributed by atoms with Gasteiger partial charge in [0, 0.05) is 10.6 Å². The van der Waals surface area contributed by atoms with Gasteiger partial charge in [0.05, 0.1) is 0 Å². The van der Waals surface area contributed by atoms with Crippen LogP contribution in [0, 0.1) is 5.41 Å². The molecule has 76 valence electrons. The fourth-order valence-corrected chi connectivity index (χ4v) is 3.66.